The molecule has 102 valence electrons. The van der Waals surface area contributed by atoms with Crippen molar-refractivity contribution in [1.29, 1.82) is 0 Å². The molecule has 1 aliphatic heterocycles. The van der Waals surface area contributed by atoms with Crippen LogP contribution in [0.1, 0.15) is 18.1 Å². The van der Waals surface area contributed by atoms with Gasteiger partial charge in [-0.3, -0.25) is 0 Å². The molecule has 18 heavy (non-hydrogen) atoms. The quantitative estimate of drug-likeness (QED) is 0.345. The maximum absolute atomic E-state index is 13.8. The Balaban J connectivity index is 2.40. The van der Waals surface area contributed by atoms with Crippen molar-refractivity contribution in [2.45, 2.75) is 18.7 Å². The summed E-state index contributed by atoms with van der Waals surface area (Å²) in [6, 6.07) is 2.00. The summed E-state index contributed by atoms with van der Waals surface area (Å²) in [5.74, 6) is -0.611. The third-order valence-corrected chi connectivity index (χ3v) is 9.48. The first-order chi connectivity index (χ1) is 8.30. The normalized spacial score (nSPS) is 19.6. The number of aliphatic hydroxyl groups is 1. The molecule has 1 N–H and O–H groups in total. The van der Waals surface area contributed by atoms with Gasteiger partial charge in [-0.25, -0.2) is 0 Å². The average Bonchev–Trinajstić information content (AvgIpc) is 2.19. The molecular formula is C11H10ClF4IO. The van der Waals surface area contributed by atoms with Crippen LogP contribution in [0.5, 0.6) is 0 Å². The molecule has 1 fully saturated rings. The molecule has 1 unspecified atom stereocenters. The summed E-state index contributed by atoms with van der Waals surface area (Å²) in [4.78, 5) is 0. The van der Waals surface area contributed by atoms with Gasteiger partial charge < -0.3 is 0 Å². The molecular weight excluding hydrogens is 386 g/mol. The molecule has 2 rings (SSSR count). The Hall–Kier alpha value is -0.0800. The Kier molecular flexibility index (Phi) is 4.08. The Morgan fingerprint density at radius 2 is 1.89 bits per heavy atom. The van der Waals surface area contributed by atoms with E-state index >= 15 is 0 Å². The predicted molar refractivity (Wildman–Crippen MR) is 69.5 cm³/mol. The number of hydrogen-bond donors (Lipinski definition) is 1. The summed E-state index contributed by atoms with van der Waals surface area (Å²) >= 11 is 3.94. The monoisotopic (exact) mass is 396 g/mol. The van der Waals surface area contributed by atoms with Crippen LogP contribution in [0.3, 0.4) is 0 Å². The number of hydrogen-bond acceptors (Lipinski definition) is 1. The molecule has 0 aliphatic carbocycles. The van der Waals surface area contributed by atoms with E-state index in [1.165, 1.54) is 0 Å². The topological polar surface area (TPSA) is 20.2 Å². The molecule has 1 heterocycles. The Bertz CT molecular complexity index is 459. The van der Waals surface area contributed by atoms with Gasteiger partial charge >= 0.3 is 114 Å². The fraction of sp³-hybridized carbons (Fsp3) is 0.455. The summed E-state index contributed by atoms with van der Waals surface area (Å²) in [6.07, 6.45) is -6.37. The van der Waals surface area contributed by atoms with Gasteiger partial charge in [-0.05, 0) is 0 Å². The second-order valence-electron chi connectivity index (χ2n) is 3.93. The van der Waals surface area contributed by atoms with Crippen molar-refractivity contribution >= 4 is 31.4 Å². The average molecular weight is 397 g/mol. The van der Waals surface area contributed by atoms with E-state index in [9.17, 15) is 22.7 Å². The Morgan fingerprint density at radius 3 is 2.33 bits per heavy atom. The minimum atomic E-state index is -4.76. The molecule has 1 aromatic carbocycles. The van der Waals surface area contributed by atoms with Crippen molar-refractivity contribution in [1.82, 2.24) is 0 Å². The summed E-state index contributed by atoms with van der Waals surface area (Å²) in [6.45, 7) is 0. The second-order valence-corrected chi connectivity index (χ2v) is 10.3. The van der Waals surface area contributed by atoms with Crippen molar-refractivity contribution < 1.29 is 22.7 Å². The Morgan fingerprint density at radius 1 is 1.28 bits per heavy atom. The molecule has 1 nitrogen and oxygen atoms in total. The van der Waals surface area contributed by atoms with Crippen LogP contribution in [0, 0.1) is 9.39 Å². The van der Waals surface area contributed by atoms with Crippen LogP contribution in [0.4, 0.5) is 17.6 Å². The van der Waals surface area contributed by atoms with Gasteiger partial charge in [0.05, 0.1) is 0 Å². The zero-order valence-corrected chi connectivity index (χ0v) is 12.0. The van der Waals surface area contributed by atoms with Crippen molar-refractivity contribution in [2.75, 3.05) is 8.86 Å². The maximum atomic E-state index is 13.8. The zero-order valence-electron chi connectivity index (χ0n) is 9.07. The van der Waals surface area contributed by atoms with Crippen LogP contribution >= 0.6 is 31.4 Å². The minimum absolute atomic E-state index is 0.330. The fourth-order valence-electron chi connectivity index (χ4n) is 1.59. The number of rotatable bonds is 2. The summed E-state index contributed by atoms with van der Waals surface area (Å²) < 4.78 is 53.1. The van der Waals surface area contributed by atoms with Gasteiger partial charge in [-0.2, -0.15) is 0 Å². The van der Waals surface area contributed by atoms with E-state index in [0.29, 0.717) is 3.57 Å². The fourth-order valence-corrected chi connectivity index (χ4v) is 6.42. The van der Waals surface area contributed by atoms with Gasteiger partial charge in [0.1, 0.15) is 0 Å². The van der Waals surface area contributed by atoms with Crippen LogP contribution < -0.4 is 0 Å². The first-order valence-corrected chi connectivity index (χ1v) is 9.67. The second kappa shape index (κ2) is 5.13. The summed E-state index contributed by atoms with van der Waals surface area (Å²) in [5, 5.41) is 8.84. The van der Waals surface area contributed by atoms with Gasteiger partial charge in [0.2, 0.25) is 0 Å². The molecule has 1 atom stereocenters. The van der Waals surface area contributed by atoms with Crippen LogP contribution in [-0.2, 0) is 0 Å². The van der Waals surface area contributed by atoms with E-state index in [2.05, 4.69) is 0 Å². The number of benzene rings is 1. The standard InChI is InChI=1S/C11H10ClF4IO/c12-7-4-6(10(18)11(14,15)16)5-8(9(7)13)17-2-1-3-17/h4-5,10,18H,1-3H2. The van der Waals surface area contributed by atoms with Crippen LogP contribution in [-0.4, -0.2) is 20.1 Å². The number of alkyl halides is 5. The van der Waals surface area contributed by atoms with Gasteiger partial charge in [0.15, 0.2) is 0 Å². The Labute approximate surface area is 114 Å². The third-order valence-electron chi connectivity index (χ3n) is 2.64. The molecule has 0 aromatic heterocycles. The van der Waals surface area contributed by atoms with Crippen LogP contribution in [0.2, 0.25) is 5.02 Å². The molecule has 7 heteroatoms. The first kappa shape index (κ1) is 14.3. The van der Waals surface area contributed by atoms with E-state index in [4.69, 9.17) is 11.6 Å². The van der Waals surface area contributed by atoms with Gasteiger partial charge in [-0.1, -0.05) is 0 Å². The molecule has 1 saturated heterocycles. The first-order valence-electron chi connectivity index (χ1n) is 5.16. The molecule has 0 bridgehead atoms. The van der Waals surface area contributed by atoms with Crippen molar-refractivity contribution in [3.05, 3.63) is 32.1 Å². The van der Waals surface area contributed by atoms with Crippen molar-refractivity contribution in [3.63, 3.8) is 0 Å². The zero-order chi connectivity index (χ0) is 13.5. The van der Waals surface area contributed by atoms with E-state index in [0.717, 1.165) is 27.4 Å². The molecule has 0 radical (unpaired) electrons. The molecule has 0 spiro atoms. The third kappa shape index (κ3) is 2.75. The van der Waals surface area contributed by atoms with Gasteiger partial charge in [-0.15, -0.1) is 0 Å². The predicted octanol–water partition coefficient (Wildman–Crippen LogP) is 4.15. The SMILES string of the molecule is OC(c1cc(Cl)c(F)c(I2CCC2)c1)C(F)(F)F. The summed E-state index contributed by atoms with van der Waals surface area (Å²) in [5.41, 5.74) is -0.367. The van der Waals surface area contributed by atoms with Crippen LogP contribution in [0.15, 0.2) is 12.1 Å². The van der Waals surface area contributed by atoms with E-state index in [1.807, 2.05) is 0 Å². The van der Waals surface area contributed by atoms with Gasteiger partial charge in [0, 0.05) is 0 Å². The molecule has 1 aliphatic rings. The van der Waals surface area contributed by atoms with Crippen molar-refractivity contribution in [2.24, 2.45) is 0 Å². The van der Waals surface area contributed by atoms with E-state index in [-0.39, 0.29) is 10.6 Å². The van der Waals surface area contributed by atoms with E-state index < -0.39 is 37.9 Å². The summed E-state index contributed by atoms with van der Waals surface area (Å²) in [7, 11) is 0. The van der Waals surface area contributed by atoms with Crippen LogP contribution in [0.25, 0.3) is 0 Å². The molecule has 0 saturated carbocycles. The van der Waals surface area contributed by atoms with E-state index in [1.54, 1.807) is 0 Å². The van der Waals surface area contributed by atoms with Crippen molar-refractivity contribution in [3.8, 4) is 0 Å². The number of halogens is 6. The number of aliphatic hydroxyl groups excluding tert-OH is 1. The molecule has 0 amide bonds. The molecule has 1 aromatic rings. The van der Waals surface area contributed by atoms with Gasteiger partial charge in [0.25, 0.3) is 0 Å².